The number of carbonyl (C=O) groups is 2. The molecule has 0 bridgehead atoms. The lowest BCUT2D eigenvalue weighted by Crippen LogP contribution is -2.51. The van der Waals surface area contributed by atoms with Crippen molar-refractivity contribution in [1.29, 1.82) is 0 Å². The highest BCUT2D eigenvalue weighted by Crippen LogP contribution is 2.50. The van der Waals surface area contributed by atoms with E-state index in [9.17, 15) is 9.59 Å². The van der Waals surface area contributed by atoms with Crippen molar-refractivity contribution < 1.29 is 14.8 Å². The van der Waals surface area contributed by atoms with Gasteiger partial charge in [0.25, 0.3) is 5.91 Å². The Bertz CT molecular complexity index is 959. The van der Waals surface area contributed by atoms with Crippen LogP contribution in [0.1, 0.15) is 54.3 Å². The van der Waals surface area contributed by atoms with E-state index < -0.39 is 5.91 Å². The Balaban J connectivity index is 1.83. The lowest BCUT2D eigenvalue weighted by atomic mass is 9.79. The normalized spacial score (nSPS) is 23.3. The fourth-order valence-electron chi connectivity index (χ4n) is 4.43. The number of rotatable bonds is 4. The summed E-state index contributed by atoms with van der Waals surface area (Å²) in [6.45, 7) is 5.60. The standard InChI is InChI=1S/C21H25N5O3/c1-11-8-9-22-21(23-11)24-18-12(2)19(14-4-5-14)26(13(3)27)17-7-6-15(10-16(17)18)20(28)25-29/h6-10,12,14,18-19,29H,4-5H2,1-3H3,(H,25,28)(H,22,23,24)/t12-,18-,19-/m1/s1. The molecule has 2 aliphatic rings. The first-order valence-corrected chi connectivity index (χ1v) is 9.85. The lowest BCUT2D eigenvalue weighted by molar-refractivity contribution is -0.117. The maximum Gasteiger partial charge on any atom is 0.274 e. The number of nitrogens with one attached hydrogen (secondary N) is 2. The van der Waals surface area contributed by atoms with Crippen molar-refractivity contribution in [3.63, 3.8) is 0 Å². The van der Waals surface area contributed by atoms with Gasteiger partial charge >= 0.3 is 0 Å². The fourth-order valence-corrected chi connectivity index (χ4v) is 4.43. The zero-order valence-electron chi connectivity index (χ0n) is 16.7. The van der Waals surface area contributed by atoms with Gasteiger partial charge in [0, 0.05) is 42.0 Å². The van der Waals surface area contributed by atoms with Crippen LogP contribution >= 0.6 is 0 Å². The Morgan fingerprint density at radius 1 is 1.24 bits per heavy atom. The van der Waals surface area contributed by atoms with Crippen molar-refractivity contribution in [2.24, 2.45) is 11.8 Å². The molecule has 2 heterocycles. The molecule has 0 saturated heterocycles. The first-order chi connectivity index (χ1) is 13.9. The summed E-state index contributed by atoms with van der Waals surface area (Å²) in [7, 11) is 0. The van der Waals surface area contributed by atoms with Gasteiger partial charge in [0.15, 0.2) is 0 Å². The number of anilines is 2. The summed E-state index contributed by atoms with van der Waals surface area (Å²) in [6.07, 6.45) is 3.91. The van der Waals surface area contributed by atoms with Gasteiger partial charge in [0.2, 0.25) is 11.9 Å². The molecular formula is C21H25N5O3. The van der Waals surface area contributed by atoms with Crippen LogP contribution in [-0.4, -0.2) is 33.0 Å². The number of hydrogen-bond acceptors (Lipinski definition) is 6. The van der Waals surface area contributed by atoms with Crippen molar-refractivity contribution in [3.05, 3.63) is 47.3 Å². The predicted molar refractivity (Wildman–Crippen MR) is 108 cm³/mol. The van der Waals surface area contributed by atoms with Gasteiger partial charge in [-0.25, -0.2) is 15.4 Å². The lowest BCUT2D eigenvalue weighted by Gasteiger charge is -2.45. The molecule has 3 N–H and O–H groups in total. The van der Waals surface area contributed by atoms with Gasteiger partial charge in [-0.15, -0.1) is 0 Å². The second-order valence-corrected chi connectivity index (χ2v) is 7.93. The molecule has 1 aromatic heterocycles. The molecule has 0 unspecified atom stereocenters. The average Bonchev–Trinajstić information content (AvgIpc) is 3.53. The Morgan fingerprint density at radius 2 is 2.00 bits per heavy atom. The van der Waals surface area contributed by atoms with Gasteiger partial charge in [0.05, 0.1) is 6.04 Å². The summed E-state index contributed by atoms with van der Waals surface area (Å²) in [4.78, 5) is 35.3. The number of amides is 2. The van der Waals surface area contributed by atoms with Crippen LogP contribution in [-0.2, 0) is 4.79 Å². The summed E-state index contributed by atoms with van der Waals surface area (Å²) in [5.41, 5.74) is 4.45. The number of aryl methyl sites for hydroxylation is 1. The van der Waals surface area contributed by atoms with Gasteiger partial charge in [-0.05, 0) is 55.5 Å². The van der Waals surface area contributed by atoms with Crippen LogP contribution in [0.3, 0.4) is 0 Å². The topological polar surface area (TPSA) is 107 Å². The van der Waals surface area contributed by atoms with E-state index in [4.69, 9.17) is 5.21 Å². The molecule has 1 aliphatic carbocycles. The number of carbonyl (C=O) groups excluding carboxylic acids is 2. The number of benzene rings is 1. The van der Waals surface area contributed by atoms with Crippen molar-refractivity contribution in [1.82, 2.24) is 15.4 Å². The molecule has 4 rings (SSSR count). The third kappa shape index (κ3) is 3.55. The van der Waals surface area contributed by atoms with Crippen molar-refractivity contribution in [2.45, 2.75) is 45.7 Å². The molecule has 0 spiro atoms. The highest BCUT2D eigenvalue weighted by Gasteiger charge is 2.47. The fraction of sp³-hybridized carbons (Fsp3) is 0.429. The summed E-state index contributed by atoms with van der Waals surface area (Å²) in [5, 5.41) is 12.5. The zero-order valence-corrected chi connectivity index (χ0v) is 16.7. The molecular weight excluding hydrogens is 370 g/mol. The van der Waals surface area contributed by atoms with Crippen LogP contribution < -0.4 is 15.7 Å². The van der Waals surface area contributed by atoms with Crippen LogP contribution in [0.25, 0.3) is 0 Å². The van der Waals surface area contributed by atoms with Gasteiger partial charge in [-0.3, -0.25) is 14.8 Å². The number of hydroxylamine groups is 1. The second-order valence-electron chi connectivity index (χ2n) is 7.93. The van der Waals surface area contributed by atoms with Gasteiger partial charge < -0.3 is 10.2 Å². The van der Waals surface area contributed by atoms with Crippen LogP contribution in [0.2, 0.25) is 0 Å². The minimum Gasteiger partial charge on any atom is -0.347 e. The van der Waals surface area contributed by atoms with E-state index in [-0.39, 0.29) is 23.9 Å². The molecule has 8 nitrogen and oxygen atoms in total. The molecule has 1 aliphatic heterocycles. The average molecular weight is 395 g/mol. The van der Waals surface area contributed by atoms with E-state index in [0.29, 0.717) is 17.4 Å². The first kappa shape index (κ1) is 19.3. The van der Waals surface area contributed by atoms with E-state index in [0.717, 1.165) is 29.8 Å². The Labute approximate surface area is 169 Å². The SMILES string of the molecule is CC(=O)N1c2ccc(C(=O)NO)cc2[C@H](Nc2nccc(C)n2)[C@@H](C)[C@@H]1C1CC1. The Hall–Kier alpha value is -3.00. The molecule has 29 heavy (non-hydrogen) atoms. The Kier molecular flexibility index (Phi) is 4.96. The molecule has 0 radical (unpaired) electrons. The van der Waals surface area contributed by atoms with E-state index in [1.54, 1.807) is 36.8 Å². The van der Waals surface area contributed by atoms with E-state index in [1.807, 2.05) is 17.9 Å². The third-order valence-corrected chi connectivity index (χ3v) is 5.87. The zero-order chi connectivity index (χ0) is 20.7. The number of nitrogens with zero attached hydrogens (tertiary/aromatic N) is 3. The smallest absolute Gasteiger partial charge is 0.274 e. The molecule has 3 atom stereocenters. The Morgan fingerprint density at radius 3 is 2.62 bits per heavy atom. The van der Waals surface area contributed by atoms with Crippen molar-refractivity contribution in [2.75, 3.05) is 10.2 Å². The van der Waals surface area contributed by atoms with Crippen molar-refractivity contribution >= 4 is 23.5 Å². The first-order valence-electron chi connectivity index (χ1n) is 9.85. The van der Waals surface area contributed by atoms with Crippen LogP contribution in [0.5, 0.6) is 0 Å². The van der Waals surface area contributed by atoms with Crippen molar-refractivity contribution in [3.8, 4) is 0 Å². The maximum atomic E-state index is 12.6. The maximum absolute atomic E-state index is 12.6. The summed E-state index contributed by atoms with van der Waals surface area (Å²) >= 11 is 0. The van der Waals surface area contributed by atoms with E-state index in [2.05, 4.69) is 22.2 Å². The van der Waals surface area contributed by atoms with Gasteiger partial charge in [0.1, 0.15) is 0 Å². The predicted octanol–water partition coefficient (Wildman–Crippen LogP) is 2.84. The molecule has 1 saturated carbocycles. The number of hydrogen-bond donors (Lipinski definition) is 3. The van der Waals surface area contributed by atoms with E-state index in [1.165, 1.54) is 0 Å². The molecule has 1 aromatic carbocycles. The molecule has 1 fully saturated rings. The summed E-state index contributed by atoms with van der Waals surface area (Å²) in [5.74, 6) is 0.445. The third-order valence-electron chi connectivity index (χ3n) is 5.87. The van der Waals surface area contributed by atoms with E-state index >= 15 is 0 Å². The van der Waals surface area contributed by atoms with Crippen LogP contribution in [0, 0.1) is 18.8 Å². The van der Waals surface area contributed by atoms with Crippen LogP contribution in [0.4, 0.5) is 11.6 Å². The largest absolute Gasteiger partial charge is 0.347 e. The number of aromatic nitrogens is 2. The summed E-state index contributed by atoms with van der Waals surface area (Å²) < 4.78 is 0. The molecule has 8 heteroatoms. The van der Waals surface area contributed by atoms with Crippen LogP contribution in [0.15, 0.2) is 30.5 Å². The van der Waals surface area contributed by atoms with Gasteiger partial charge in [-0.2, -0.15) is 0 Å². The molecule has 2 aromatic rings. The monoisotopic (exact) mass is 395 g/mol. The highest BCUT2D eigenvalue weighted by molar-refractivity contribution is 5.97. The quantitative estimate of drug-likeness (QED) is 0.543. The molecule has 152 valence electrons. The minimum absolute atomic E-state index is 0.0142. The highest BCUT2D eigenvalue weighted by atomic mass is 16.5. The second kappa shape index (κ2) is 7.44. The van der Waals surface area contributed by atoms with Gasteiger partial charge in [-0.1, -0.05) is 6.92 Å². The number of fused-ring (bicyclic) bond motifs is 1. The molecule has 2 amide bonds. The minimum atomic E-state index is -0.593. The summed E-state index contributed by atoms with van der Waals surface area (Å²) in [6, 6.07) is 6.86.